The highest BCUT2D eigenvalue weighted by molar-refractivity contribution is 14.0. The van der Waals surface area contributed by atoms with Crippen LogP contribution in [-0.4, -0.2) is 77.4 Å². The molecule has 2 heterocycles. The molecular formula is C22H32IN7O. The summed E-state index contributed by atoms with van der Waals surface area (Å²) in [6.45, 7) is 9.46. The highest BCUT2D eigenvalue weighted by Gasteiger charge is 2.21. The standard InChI is InChI=1S/C22H31N7O.HI/c1-3-23-21(28-13-15-29(16-14-28)22-24-11-8-12-25-22)26-17-20(30)27(4-2)18-19-9-6-5-7-10-19;/h5-12H,3-4,13-18H2,1-2H3,(H,23,26);1H. The molecule has 1 N–H and O–H groups in total. The average Bonchev–Trinajstić information content (AvgIpc) is 2.81. The molecule has 0 radical (unpaired) electrons. The summed E-state index contributed by atoms with van der Waals surface area (Å²) in [5.74, 6) is 1.58. The van der Waals surface area contributed by atoms with Crippen molar-refractivity contribution in [3.63, 3.8) is 0 Å². The molecule has 8 nitrogen and oxygen atoms in total. The number of hydrogen-bond acceptors (Lipinski definition) is 5. The Labute approximate surface area is 201 Å². The summed E-state index contributed by atoms with van der Waals surface area (Å²) >= 11 is 0. The summed E-state index contributed by atoms with van der Waals surface area (Å²) < 4.78 is 0. The van der Waals surface area contributed by atoms with E-state index >= 15 is 0 Å². The summed E-state index contributed by atoms with van der Waals surface area (Å²) in [7, 11) is 0. The predicted octanol–water partition coefficient (Wildman–Crippen LogP) is 2.23. The van der Waals surface area contributed by atoms with Gasteiger partial charge in [-0.15, -0.1) is 24.0 Å². The van der Waals surface area contributed by atoms with E-state index in [0.717, 1.165) is 50.2 Å². The molecule has 3 rings (SSSR count). The topological polar surface area (TPSA) is 77.0 Å². The van der Waals surface area contributed by atoms with E-state index in [1.807, 2.05) is 55.1 Å². The molecule has 0 aliphatic carbocycles. The first-order valence-electron chi connectivity index (χ1n) is 10.6. The van der Waals surface area contributed by atoms with Gasteiger partial charge >= 0.3 is 0 Å². The van der Waals surface area contributed by atoms with Gasteiger partial charge in [0.2, 0.25) is 11.9 Å². The van der Waals surface area contributed by atoms with E-state index in [2.05, 4.69) is 30.1 Å². The van der Waals surface area contributed by atoms with Gasteiger partial charge < -0.3 is 20.0 Å². The molecule has 2 aromatic rings. The molecule has 0 saturated carbocycles. The SMILES string of the molecule is CCNC(=NCC(=O)N(CC)Cc1ccccc1)N1CCN(c2ncccn2)CC1.I. The molecule has 1 amide bonds. The van der Waals surface area contributed by atoms with Gasteiger partial charge in [-0.05, 0) is 25.5 Å². The number of hydrogen-bond donors (Lipinski definition) is 1. The van der Waals surface area contributed by atoms with Crippen molar-refractivity contribution in [1.82, 2.24) is 25.1 Å². The lowest BCUT2D eigenvalue weighted by molar-refractivity contribution is -0.130. The second-order valence-corrected chi connectivity index (χ2v) is 7.09. The number of amides is 1. The third-order valence-electron chi connectivity index (χ3n) is 5.06. The number of aliphatic imine (C=N–C) groups is 1. The predicted molar refractivity (Wildman–Crippen MR) is 135 cm³/mol. The first-order valence-corrected chi connectivity index (χ1v) is 10.6. The fraction of sp³-hybridized carbons (Fsp3) is 0.455. The Morgan fingerprint density at radius 1 is 1.06 bits per heavy atom. The van der Waals surface area contributed by atoms with Crippen LogP contribution in [0.1, 0.15) is 19.4 Å². The second kappa shape index (κ2) is 13.1. The lowest BCUT2D eigenvalue weighted by atomic mass is 10.2. The number of carbonyl (C=O) groups excluding carboxylic acids is 1. The second-order valence-electron chi connectivity index (χ2n) is 7.09. The van der Waals surface area contributed by atoms with Crippen LogP contribution in [0.5, 0.6) is 0 Å². The molecule has 1 aliphatic heterocycles. The third kappa shape index (κ3) is 7.34. The summed E-state index contributed by atoms with van der Waals surface area (Å²) in [6, 6.07) is 11.9. The first-order chi connectivity index (χ1) is 14.7. The monoisotopic (exact) mass is 537 g/mol. The maximum Gasteiger partial charge on any atom is 0.244 e. The van der Waals surface area contributed by atoms with E-state index in [1.165, 1.54) is 0 Å². The third-order valence-corrected chi connectivity index (χ3v) is 5.06. The Morgan fingerprint density at radius 3 is 2.35 bits per heavy atom. The summed E-state index contributed by atoms with van der Waals surface area (Å²) in [5, 5.41) is 3.32. The molecule has 168 valence electrons. The zero-order valence-corrected chi connectivity index (χ0v) is 20.6. The Balaban J connectivity index is 0.00000341. The van der Waals surface area contributed by atoms with E-state index in [1.54, 1.807) is 12.4 Å². The minimum absolute atomic E-state index is 0. The number of piperazine rings is 1. The van der Waals surface area contributed by atoms with E-state index in [-0.39, 0.29) is 36.4 Å². The van der Waals surface area contributed by atoms with Crippen LogP contribution in [0.3, 0.4) is 0 Å². The highest BCUT2D eigenvalue weighted by atomic mass is 127. The number of aromatic nitrogens is 2. The number of carbonyl (C=O) groups is 1. The lowest BCUT2D eigenvalue weighted by Gasteiger charge is -2.36. The van der Waals surface area contributed by atoms with E-state index in [0.29, 0.717) is 13.1 Å². The van der Waals surface area contributed by atoms with Crippen molar-refractivity contribution in [2.24, 2.45) is 4.99 Å². The molecule has 1 aromatic heterocycles. The molecule has 0 atom stereocenters. The molecule has 31 heavy (non-hydrogen) atoms. The van der Waals surface area contributed by atoms with Crippen LogP contribution in [0, 0.1) is 0 Å². The van der Waals surface area contributed by atoms with Crippen molar-refractivity contribution >= 4 is 41.8 Å². The van der Waals surface area contributed by atoms with Gasteiger partial charge in [-0.2, -0.15) is 0 Å². The number of halogens is 1. The van der Waals surface area contributed by atoms with E-state index < -0.39 is 0 Å². The number of likely N-dealkylation sites (N-methyl/N-ethyl adjacent to an activating group) is 1. The van der Waals surface area contributed by atoms with Gasteiger partial charge in [-0.3, -0.25) is 4.79 Å². The van der Waals surface area contributed by atoms with Crippen molar-refractivity contribution in [3.8, 4) is 0 Å². The molecule has 0 spiro atoms. The fourth-order valence-electron chi connectivity index (χ4n) is 3.42. The molecule has 1 fully saturated rings. The van der Waals surface area contributed by atoms with Crippen molar-refractivity contribution in [1.29, 1.82) is 0 Å². The van der Waals surface area contributed by atoms with Crippen molar-refractivity contribution in [3.05, 3.63) is 54.4 Å². The number of guanidine groups is 1. The summed E-state index contributed by atoms with van der Waals surface area (Å²) in [5.41, 5.74) is 1.13. The van der Waals surface area contributed by atoms with Gasteiger partial charge in [0.1, 0.15) is 6.54 Å². The minimum atomic E-state index is 0. The smallest absolute Gasteiger partial charge is 0.244 e. The molecule has 0 bridgehead atoms. The van der Waals surface area contributed by atoms with Crippen LogP contribution in [-0.2, 0) is 11.3 Å². The Kier molecular flexibility index (Phi) is 10.5. The van der Waals surface area contributed by atoms with Crippen molar-refractivity contribution < 1.29 is 4.79 Å². The molecule has 0 unspecified atom stereocenters. The van der Waals surface area contributed by atoms with Gasteiger partial charge in [0.05, 0.1) is 0 Å². The molecule has 1 aromatic carbocycles. The lowest BCUT2D eigenvalue weighted by Crippen LogP contribution is -2.53. The fourth-order valence-corrected chi connectivity index (χ4v) is 3.42. The number of benzene rings is 1. The minimum Gasteiger partial charge on any atom is -0.357 e. The van der Waals surface area contributed by atoms with Gasteiger partial charge in [-0.1, -0.05) is 30.3 Å². The van der Waals surface area contributed by atoms with Crippen LogP contribution in [0.25, 0.3) is 0 Å². The van der Waals surface area contributed by atoms with Crippen molar-refractivity contribution in [2.75, 3.05) is 50.7 Å². The van der Waals surface area contributed by atoms with Crippen molar-refractivity contribution in [2.45, 2.75) is 20.4 Å². The van der Waals surface area contributed by atoms with Gasteiger partial charge in [-0.25, -0.2) is 15.0 Å². The number of rotatable bonds is 7. The zero-order valence-electron chi connectivity index (χ0n) is 18.3. The van der Waals surface area contributed by atoms with Gasteiger partial charge in [0.15, 0.2) is 5.96 Å². The number of nitrogens with one attached hydrogen (secondary N) is 1. The quantitative estimate of drug-likeness (QED) is 0.332. The largest absolute Gasteiger partial charge is 0.357 e. The molecular weight excluding hydrogens is 505 g/mol. The average molecular weight is 537 g/mol. The number of nitrogens with zero attached hydrogens (tertiary/aromatic N) is 6. The summed E-state index contributed by atoms with van der Waals surface area (Å²) in [4.78, 5) is 32.3. The normalized spacial score (nSPS) is 14.1. The Hall–Kier alpha value is -2.43. The molecule has 1 saturated heterocycles. The molecule has 1 aliphatic rings. The maximum absolute atomic E-state index is 12.8. The van der Waals surface area contributed by atoms with E-state index in [9.17, 15) is 4.79 Å². The summed E-state index contributed by atoms with van der Waals surface area (Å²) in [6.07, 6.45) is 3.53. The number of anilines is 1. The zero-order chi connectivity index (χ0) is 21.2. The van der Waals surface area contributed by atoms with Gasteiger partial charge in [0, 0.05) is 58.2 Å². The molecule has 9 heteroatoms. The maximum atomic E-state index is 12.8. The van der Waals surface area contributed by atoms with Crippen LogP contribution < -0.4 is 10.2 Å². The van der Waals surface area contributed by atoms with Crippen LogP contribution >= 0.6 is 24.0 Å². The van der Waals surface area contributed by atoms with E-state index in [4.69, 9.17) is 0 Å². The Morgan fingerprint density at radius 2 is 1.74 bits per heavy atom. The Bertz CT molecular complexity index is 811. The highest BCUT2D eigenvalue weighted by Crippen LogP contribution is 2.10. The van der Waals surface area contributed by atoms with Crippen LogP contribution in [0.2, 0.25) is 0 Å². The first kappa shape index (κ1) is 24.8. The van der Waals surface area contributed by atoms with Crippen LogP contribution in [0.15, 0.2) is 53.8 Å². The van der Waals surface area contributed by atoms with Gasteiger partial charge in [0.25, 0.3) is 0 Å². The van der Waals surface area contributed by atoms with Crippen LogP contribution in [0.4, 0.5) is 5.95 Å².